The summed E-state index contributed by atoms with van der Waals surface area (Å²) in [7, 11) is 3.73. The Morgan fingerprint density at radius 1 is 1.03 bits per heavy atom. The molecule has 2 rings (SSSR count). The SMILES string of the molecule is C=CCN(C)CCCCCCOc1ccc(N(C)C(=O)Cc2ccc(F)cc2F)cc1. The minimum absolute atomic E-state index is 0.135. The molecule has 6 heteroatoms. The molecule has 31 heavy (non-hydrogen) atoms. The monoisotopic (exact) mass is 430 g/mol. The second kappa shape index (κ2) is 12.8. The summed E-state index contributed by atoms with van der Waals surface area (Å²) >= 11 is 0. The number of hydrogen-bond donors (Lipinski definition) is 0. The lowest BCUT2D eigenvalue weighted by atomic mass is 10.1. The average Bonchev–Trinajstić information content (AvgIpc) is 2.75. The van der Waals surface area contributed by atoms with Gasteiger partial charge in [0.15, 0.2) is 0 Å². The summed E-state index contributed by atoms with van der Waals surface area (Å²) in [5.74, 6) is -0.902. The van der Waals surface area contributed by atoms with E-state index in [-0.39, 0.29) is 17.9 Å². The van der Waals surface area contributed by atoms with Crippen molar-refractivity contribution >= 4 is 11.6 Å². The molecule has 0 aliphatic carbocycles. The van der Waals surface area contributed by atoms with Gasteiger partial charge in [-0.1, -0.05) is 25.0 Å². The summed E-state index contributed by atoms with van der Waals surface area (Å²) in [5, 5.41) is 0. The van der Waals surface area contributed by atoms with E-state index in [0.29, 0.717) is 12.3 Å². The lowest BCUT2D eigenvalue weighted by Gasteiger charge is -2.18. The first kappa shape index (κ1) is 24.5. The first-order valence-corrected chi connectivity index (χ1v) is 10.6. The molecule has 1 amide bonds. The smallest absolute Gasteiger partial charge is 0.231 e. The van der Waals surface area contributed by atoms with E-state index in [1.807, 2.05) is 18.2 Å². The molecule has 0 atom stereocenters. The molecule has 2 aromatic rings. The first-order chi connectivity index (χ1) is 14.9. The van der Waals surface area contributed by atoms with Crippen LogP contribution in [0.1, 0.15) is 31.2 Å². The van der Waals surface area contributed by atoms with Gasteiger partial charge < -0.3 is 14.5 Å². The molecule has 0 aromatic heterocycles. The van der Waals surface area contributed by atoms with Gasteiger partial charge in [-0.15, -0.1) is 6.58 Å². The summed E-state index contributed by atoms with van der Waals surface area (Å²) in [4.78, 5) is 16.1. The molecular formula is C25H32F2N2O2. The van der Waals surface area contributed by atoms with Gasteiger partial charge in [-0.05, 0) is 62.3 Å². The van der Waals surface area contributed by atoms with E-state index in [4.69, 9.17) is 4.74 Å². The fraction of sp³-hybridized carbons (Fsp3) is 0.400. The highest BCUT2D eigenvalue weighted by Crippen LogP contribution is 2.20. The van der Waals surface area contributed by atoms with Crippen LogP contribution in [0.2, 0.25) is 0 Å². The van der Waals surface area contributed by atoms with E-state index < -0.39 is 11.6 Å². The second-order valence-corrected chi connectivity index (χ2v) is 7.67. The van der Waals surface area contributed by atoms with Gasteiger partial charge in [0, 0.05) is 25.3 Å². The van der Waals surface area contributed by atoms with Crippen molar-refractivity contribution in [2.75, 3.05) is 38.7 Å². The summed E-state index contributed by atoms with van der Waals surface area (Å²) in [6.07, 6.45) is 6.24. The van der Waals surface area contributed by atoms with E-state index in [1.165, 1.54) is 23.8 Å². The van der Waals surface area contributed by atoms with Crippen LogP contribution in [0.25, 0.3) is 0 Å². The number of benzene rings is 2. The molecule has 168 valence electrons. The van der Waals surface area contributed by atoms with Gasteiger partial charge in [0.05, 0.1) is 13.0 Å². The van der Waals surface area contributed by atoms with E-state index in [2.05, 4.69) is 18.5 Å². The number of nitrogens with zero attached hydrogens (tertiary/aromatic N) is 2. The lowest BCUT2D eigenvalue weighted by Crippen LogP contribution is -2.28. The van der Waals surface area contributed by atoms with Crippen LogP contribution in [0.15, 0.2) is 55.1 Å². The third-order valence-electron chi connectivity index (χ3n) is 5.10. The Balaban J connectivity index is 1.71. The Hall–Kier alpha value is -2.73. The van der Waals surface area contributed by atoms with Crippen LogP contribution in [0, 0.1) is 11.6 Å². The zero-order valence-electron chi connectivity index (χ0n) is 18.4. The van der Waals surface area contributed by atoms with Gasteiger partial charge >= 0.3 is 0 Å². The zero-order chi connectivity index (χ0) is 22.6. The van der Waals surface area contributed by atoms with Crippen molar-refractivity contribution in [2.45, 2.75) is 32.1 Å². The summed E-state index contributed by atoms with van der Waals surface area (Å²) in [6, 6.07) is 10.5. The molecule has 0 spiro atoms. The molecule has 0 saturated heterocycles. The molecule has 2 aromatic carbocycles. The van der Waals surface area contributed by atoms with Gasteiger partial charge in [-0.3, -0.25) is 4.79 Å². The van der Waals surface area contributed by atoms with Gasteiger partial charge in [-0.25, -0.2) is 8.78 Å². The van der Waals surface area contributed by atoms with Crippen LogP contribution in [-0.2, 0) is 11.2 Å². The molecule has 0 unspecified atom stereocenters. The van der Waals surface area contributed by atoms with Crippen molar-refractivity contribution in [1.82, 2.24) is 4.90 Å². The molecule has 0 saturated carbocycles. The number of likely N-dealkylation sites (N-methyl/N-ethyl adjacent to an activating group) is 2. The van der Waals surface area contributed by atoms with Crippen LogP contribution in [-0.4, -0.2) is 44.6 Å². The molecule has 0 N–H and O–H groups in total. The number of halogens is 2. The van der Waals surface area contributed by atoms with Crippen LogP contribution in [0.5, 0.6) is 5.75 Å². The fourth-order valence-electron chi connectivity index (χ4n) is 3.20. The Bertz CT molecular complexity index is 840. The maximum Gasteiger partial charge on any atom is 0.231 e. The molecule has 0 radical (unpaired) electrons. The Morgan fingerprint density at radius 2 is 1.74 bits per heavy atom. The largest absolute Gasteiger partial charge is 0.494 e. The van der Waals surface area contributed by atoms with Crippen molar-refractivity contribution in [3.8, 4) is 5.75 Å². The van der Waals surface area contributed by atoms with E-state index in [9.17, 15) is 13.6 Å². The van der Waals surface area contributed by atoms with Crippen molar-refractivity contribution in [1.29, 1.82) is 0 Å². The van der Waals surface area contributed by atoms with E-state index in [0.717, 1.165) is 43.8 Å². The topological polar surface area (TPSA) is 32.8 Å². The van der Waals surface area contributed by atoms with Crippen molar-refractivity contribution in [2.24, 2.45) is 0 Å². The van der Waals surface area contributed by atoms with Crippen molar-refractivity contribution < 1.29 is 18.3 Å². The molecule has 4 nitrogen and oxygen atoms in total. The van der Waals surface area contributed by atoms with Crippen LogP contribution in [0.3, 0.4) is 0 Å². The molecule has 0 aliphatic rings. The number of anilines is 1. The number of ether oxygens (including phenoxy) is 1. The van der Waals surface area contributed by atoms with Crippen LogP contribution < -0.4 is 9.64 Å². The number of unbranched alkanes of at least 4 members (excludes halogenated alkanes) is 3. The number of amides is 1. The predicted octanol–water partition coefficient (Wildman–Crippen LogP) is 5.23. The van der Waals surface area contributed by atoms with E-state index >= 15 is 0 Å². The third-order valence-corrected chi connectivity index (χ3v) is 5.10. The second-order valence-electron chi connectivity index (χ2n) is 7.67. The highest BCUT2D eigenvalue weighted by Gasteiger charge is 2.14. The number of hydrogen-bond acceptors (Lipinski definition) is 3. The van der Waals surface area contributed by atoms with Crippen molar-refractivity contribution in [3.05, 3.63) is 72.3 Å². The maximum atomic E-state index is 13.8. The quantitative estimate of drug-likeness (QED) is 0.322. The minimum atomic E-state index is -0.714. The average molecular weight is 431 g/mol. The normalized spacial score (nSPS) is 10.9. The summed E-state index contributed by atoms with van der Waals surface area (Å²) < 4.78 is 32.6. The van der Waals surface area contributed by atoms with Crippen LogP contribution >= 0.6 is 0 Å². The van der Waals surface area contributed by atoms with Gasteiger partial charge in [0.2, 0.25) is 5.91 Å². The molecule has 0 aliphatic heterocycles. The zero-order valence-corrected chi connectivity index (χ0v) is 18.4. The number of carbonyl (C=O) groups excluding carboxylic acids is 1. The Morgan fingerprint density at radius 3 is 2.42 bits per heavy atom. The lowest BCUT2D eigenvalue weighted by molar-refractivity contribution is -0.117. The molecule has 0 fully saturated rings. The number of rotatable bonds is 13. The van der Waals surface area contributed by atoms with E-state index in [1.54, 1.807) is 19.2 Å². The summed E-state index contributed by atoms with van der Waals surface area (Å²) in [6.45, 7) is 6.39. The first-order valence-electron chi connectivity index (χ1n) is 10.6. The van der Waals surface area contributed by atoms with Crippen LogP contribution in [0.4, 0.5) is 14.5 Å². The number of carbonyl (C=O) groups is 1. The van der Waals surface area contributed by atoms with Gasteiger partial charge in [-0.2, -0.15) is 0 Å². The van der Waals surface area contributed by atoms with Crippen molar-refractivity contribution in [3.63, 3.8) is 0 Å². The van der Waals surface area contributed by atoms with Gasteiger partial charge in [0.25, 0.3) is 0 Å². The molecule has 0 heterocycles. The predicted molar refractivity (Wildman–Crippen MR) is 122 cm³/mol. The maximum absolute atomic E-state index is 13.8. The molecule has 0 bridgehead atoms. The highest BCUT2D eigenvalue weighted by molar-refractivity contribution is 5.94. The van der Waals surface area contributed by atoms with Gasteiger partial charge in [0.1, 0.15) is 17.4 Å². The Labute approximate surface area is 184 Å². The Kier molecular flexibility index (Phi) is 10.2. The fourth-order valence-corrected chi connectivity index (χ4v) is 3.20. The minimum Gasteiger partial charge on any atom is -0.494 e. The molecular weight excluding hydrogens is 398 g/mol. The highest BCUT2D eigenvalue weighted by atomic mass is 19.1. The standard InChI is InChI=1S/C25H32F2N2O2/c1-4-15-28(2)16-7-5-6-8-17-31-23-13-11-22(12-14-23)29(3)25(30)18-20-9-10-21(26)19-24(20)27/h4,9-14,19H,1,5-8,15-18H2,2-3H3. The summed E-state index contributed by atoms with van der Waals surface area (Å²) in [5.41, 5.74) is 0.856. The third kappa shape index (κ3) is 8.50.